The number of hydrogen-bond donors (Lipinski definition) is 0. The summed E-state index contributed by atoms with van der Waals surface area (Å²) in [5.74, 6) is 1.47. The Morgan fingerprint density at radius 2 is 1.72 bits per heavy atom. The first-order valence-corrected chi connectivity index (χ1v) is 7.11. The topological polar surface area (TPSA) is 69.6 Å². The van der Waals surface area contributed by atoms with Gasteiger partial charge in [0.2, 0.25) is 17.6 Å². The monoisotopic (exact) mass is 342 g/mol. The first-order chi connectivity index (χ1) is 11.1. The number of nitrogens with zero attached hydrogens (tertiary/aromatic N) is 2. The predicted octanol–water partition coefficient (Wildman–Crippen LogP) is 1.98. The van der Waals surface area contributed by atoms with Crippen LogP contribution in [0.25, 0.3) is 0 Å². The maximum Gasteiger partial charge on any atom is 2.00 e. The second kappa shape index (κ2) is 10.6. The van der Waals surface area contributed by atoms with Gasteiger partial charge in [0.15, 0.2) is 11.5 Å². The molecule has 1 amide bonds. The summed E-state index contributed by atoms with van der Waals surface area (Å²) in [6, 6.07) is 3.38. The van der Waals surface area contributed by atoms with Crippen molar-refractivity contribution >= 4 is 29.2 Å². The number of rotatable bonds is 4. The second-order valence-corrected chi connectivity index (χ2v) is 4.77. The SMILES string of the molecule is COc1cc(C2=NN(C(C)=O)[CH-]O2)cc(OC)c1OC.[B-]1CC1.[Be+2].[CH3-]. The van der Waals surface area contributed by atoms with Crippen LogP contribution in [0, 0.1) is 14.2 Å². The molecule has 0 bridgehead atoms. The molecule has 2 aliphatic rings. The number of amides is 1. The van der Waals surface area contributed by atoms with Crippen molar-refractivity contribution in [3.05, 3.63) is 31.9 Å². The van der Waals surface area contributed by atoms with Crippen LogP contribution in [0.15, 0.2) is 17.2 Å². The summed E-state index contributed by atoms with van der Waals surface area (Å²) >= 11 is 0. The van der Waals surface area contributed by atoms with E-state index in [2.05, 4.69) is 12.4 Å². The Balaban J connectivity index is 0.00000104. The van der Waals surface area contributed by atoms with Gasteiger partial charge in [-0.3, -0.25) is 17.4 Å². The van der Waals surface area contributed by atoms with Crippen molar-refractivity contribution in [3.63, 3.8) is 0 Å². The molecule has 25 heavy (non-hydrogen) atoms. The van der Waals surface area contributed by atoms with Crippen LogP contribution < -0.4 is 14.2 Å². The molecule has 7 nitrogen and oxygen atoms in total. The van der Waals surface area contributed by atoms with Gasteiger partial charge < -0.3 is 38.7 Å². The van der Waals surface area contributed by atoms with Crippen molar-refractivity contribution in [1.29, 1.82) is 0 Å². The van der Waals surface area contributed by atoms with Gasteiger partial charge in [-0.1, -0.05) is 0 Å². The molecule has 2 aliphatic heterocycles. The molecule has 0 aliphatic carbocycles. The molecule has 2 heterocycles. The molecule has 1 aromatic carbocycles. The minimum absolute atomic E-state index is 0. The Labute approximate surface area is 153 Å². The fourth-order valence-electron chi connectivity index (χ4n) is 1.72. The summed E-state index contributed by atoms with van der Waals surface area (Å²) in [6.07, 6.45) is 2.75. The predicted molar refractivity (Wildman–Crippen MR) is 98.1 cm³/mol. The molecule has 1 fully saturated rings. The van der Waals surface area contributed by atoms with Gasteiger partial charge in [0, 0.05) is 12.5 Å². The van der Waals surface area contributed by atoms with Gasteiger partial charge in [-0.25, -0.2) is 0 Å². The smallest absolute Gasteiger partial charge is 0.625 e. The standard InChI is InChI=1S/C13H15N2O5.C2H4B.CH3.Be/c1-8(16)15-7-20-13(14-15)9-5-10(17-2)12(19-4)11(6-9)18-3;1-2-3-1;;/h5-7H,1-4H3;1-2H2;1H3;/q3*-1;+2. The van der Waals surface area contributed by atoms with Gasteiger partial charge >= 0.3 is 10.1 Å². The van der Waals surface area contributed by atoms with Gasteiger partial charge in [0.25, 0.3) is 0 Å². The average molecular weight is 342 g/mol. The largest absolute Gasteiger partial charge is 2.00 e. The molecule has 0 atom stereocenters. The third-order valence-electron chi connectivity index (χ3n) is 2.99. The van der Waals surface area contributed by atoms with E-state index in [0.29, 0.717) is 22.8 Å². The third kappa shape index (κ3) is 5.98. The van der Waals surface area contributed by atoms with Gasteiger partial charge in [0.1, 0.15) is 0 Å². The summed E-state index contributed by atoms with van der Waals surface area (Å²) in [4.78, 5) is 11.2. The van der Waals surface area contributed by atoms with E-state index in [4.69, 9.17) is 18.9 Å². The number of ether oxygens (including phenoxy) is 4. The Hall–Kier alpha value is -2.21. The van der Waals surface area contributed by atoms with Crippen LogP contribution in [0.1, 0.15) is 12.5 Å². The maximum atomic E-state index is 11.2. The summed E-state index contributed by atoms with van der Waals surface area (Å²) in [5.41, 5.74) is 0.611. The number of carbonyl (C=O) groups excluding carboxylic acids is 1. The number of carbonyl (C=O) groups is 1. The first kappa shape index (κ1) is 22.8. The fraction of sp³-hybridized carbons (Fsp3) is 0.375. The zero-order valence-electron chi connectivity index (χ0n) is 15.4. The van der Waals surface area contributed by atoms with Crippen LogP contribution in [-0.2, 0) is 9.53 Å². The summed E-state index contributed by atoms with van der Waals surface area (Å²) < 4.78 is 21.0. The van der Waals surface area contributed by atoms with Gasteiger partial charge in [-0.05, 0) is 18.9 Å². The molecule has 2 radical (unpaired) electrons. The van der Waals surface area contributed by atoms with E-state index in [1.807, 2.05) is 0 Å². The zero-order valence-corrected chi connectivity index (χ0v) is 15.4. The molecule has 1 saturated heterocycles. The Kier molecular flexibility index (Phi) is 9.68. The zero-order chi connectivity index (χ0) is 16.8. The number of hydrazone groups is 1. The molecular formula is C16H22BBeN2O5-. The van der Waals surface area contributed by atoms with Crippen LogP contribution in [0.3, 0.4) is 0 Å². The van der Waals surface area contributed by atoms with E-state index in [9.17, 15) is 4.79 Å². The molecule has 0 unspecified atom stereocenters. The van der Waals surface area contributed by atoms with E-state index < -0.39 is 0 Å². The van der Waals surface area contributed by atoms with Crippen molar-refractivity contribution in [3.8, 4) is 17.2 Å². The molecule has 0 spiro atoms. The fourth-order valence-corrected chi connectivity index (χ4v) is 1.72. The maximum absolute atomic E-state index is 11.2. The van der Waals surface area contributed by atoms with Crippen molar-refractivity contribution < 1.29 is 23.7 Å². The molecule has 0 saturated carbocycles. The summed E-state index contributed by atoms with van der Waals surface area (Å²) in [7, 11) is 6.81. The quantitative estimate of drug-likeness (QED) is 0.618. The minimum atomic E-state index is -0.243. The number of benzene rings is 1. The van der Waals surface area contributed by atoms with Gasteiger partial charge in [0.05, 0.1) is 21.3 Å². The molecule has 0 N–H and O–H groups in total. The van der Waals surface area contributed by atoms with Crippen LogP contribution in [0.5, 0.6) is 17.2 Å². The van der Waals surface area contributed by atoms with Crippen molar-refractivity contribution in [2.45, 2.75) is 19.6 Å². The Morgan fingerprint density at radius 1 is 1.20 bits per heavy atom. The molecule has 132 valence electrons. The molecule has 9 heteroatoms. The van der Waals surface area contributed by atoms with Crippen LogP contribution in [0.4, 0.5) is 0 Å². The Bertz CT molecular complexity index is 582. The molecule has 0 aromatic heterocycles. The van der Waals surface area contributed by atoms with Crippen LogP contribution >= 0.6 is 0 Å². The van der Waals surface area contributed by atoms with E-state index in [-0.39, 0.29) is 29.4 Å². The Morgan fingerprint density at radius 3 is 2.04 bits per heavy atom. The first-order valence-electron chi connectivity index (χ1n) is 7.11. The number of methoxy groups -OCH3 is 3. The van der Waals surface area contributed by atoms with E-state index in [1.165, 1.54) is 47.6 Å². The van der Waals surface area contributed by atoms with Gasteiger partial charge in [-0.2, -0.15) is 5.10 Å². The van der Waals surface area contributed by atoms with Crippen molar-refractivity contribution in [2.24, 2.45) is 5.10 Å². The number of hydrogen-bond acceptors (Lipinski definition) is 6. The van der Waals surface area contributed by atoms with E-state index >= 15 is 0 Å². The van der Waals surface area contributed by atoms with E-state index in [0.717, 1.165) is 5.01 Å². The normalized spacial score (nSPS) is 13.8. The molecule has 1 aromatic rings. The van der Waals surface area contributed by atoms with Crippen LogP contribution in [-0.4, -0.2) is 55.5 Å². The molecular weight excluding hydrogens is 320 g/mol. The van der Waals surface area contributed by atoms with Crippen molar-refractivity contribution in [2.75, 3.05) is 21.3 Å². The summed E-state index contributed by atoms with van der Waals surface area (Å²) in [6.45, 7) is 2.63. The third-order valence-corrected chi connectivity index (χ3v) is 2.99. The average Bonchev–Trinajstić information content (AvgIpc) is 3.37. The second-order valence-electron chi connectivity index (χ2n) is 4.77. The summed E-state index contributed by atoms with van der Waals surface area (Å²) in [5, 5.41) is 5.14. The minimum Gasteiger partial charge on any atom is -0.625 e. The van der Waals surface area contributed by atoms with Crippen molar-refractivity contribution in [1.82, 2.24) is 5.01 Å². The molecule has 3 rings (SSSR count). The van der Waals surface area contributed by atoms with Crippen LogP contribution in [0.2, 0.25) is 12.6 Å². The van der Waals surface area contributed by atoms with E-state index in [1.54, 1.807) is 12.1 Å². The van der Waals surface area contributed by atoms with Gasteiger partial charge in [-0.15, -0.1) is 0 Å².